The Morgan fingerprint density at radius 1 is 1.10 bits per heavy atom. The fourth-order valence-corrected chi connectivity index (χ4v) is 7.15. The second kappa shape index (κ2) is 11.1. The molecular weight excluding hydrogens is 553 g/mol. The predicted octanol–water partition coefficient (Wildman–Crippen LogP) is 6.85. The second-order valence-corrected chi connectivity index (χ2v) is 11.6. The van der Waals surface area contributed by atoms with E-state index in [1.807, 2.05) is 42.2 Å². The molecule has 2 unspecified atom stereocenters. The van der Waals surface area contributed by atoms with Crippen molar-refractivity contribution in [2.75, 3.05) is 0 Å². The maximum Gasteiger partial charge on any atom is 0.422 e. The van der Waals surface area contributed by atoms with E-state index >= 15 is 8.78 Å². The molecule has 0 aliphatic carbocycles. The topological polar surface area (TPSA) is 39.0 Å². The lowest BCUT2D eigenvalue weighted by Crippen LogP contribution is -2.65. The zero-order chi connectivity index (χ0) is 30.6. The maximum absolute atomic E-state index is 16.2. The van der Waals surface area contributed by atoms with Crippen LogP contribution in [0, 0.1) is 18.6 Å². The number of hydrogen-bond acceptors (Lipinski definition) is 2. The first kappa shape index (κ1) is 30.2. The van der Waals surface area contributed by atoms with Crippen LogP contribution < -0.4 is 9.13 Å². The molecule has 0 fully saturated rings. The molecule has 226 valence electrons. The molecule has 0 radical (unpaired) electrons. The number of esters is 1. The summed E-state index contributed by atoms with van der Waals surface area (Å²) in [6.07, 6.45) is 3.10. The highest BCUT2D eigenvalue weighted by Gasteiger charge is 2.59. The number of ether oxygens (including phenoxy) is 1. The molecular formula is C32H38F5N3O2+2. The van der Waals surface area contributed by atoms with Gasteiger partial charge in [-0.15, -0.1) is 0 Å². The van der Waals surface area contributed by atoms with E-state index in [4.69, 9.17) is 4.74 Å². The van der Waals surface area contributed by atoms with Crippen molar-refractivity contribution in [2.45, 2.75) is 103 Å². The number of pyridine rings is 1. The minimum atomic E-state index is -5.23. The Bertz CT molecular complexity index is 1520. The van der Waals surface area contributed by atoms with Gasteiger partial charge in [-0.3, -0.25) is 0 Å². The molecule has 0 amide bonds. The number of halogens is 5. The summed E-state index contributed by atoms with van der Waals surface area (Å²) < 4.78 is 85.0. The summed E-state index contributed by atoms with van der Waals surface area (Å²) in [5.41, 5.74) is -1.40. The van der Waals surface area contributed by atoms with Crippen LogP contribution in [0.3, 0.4) is 0 Å². The first-order valence-corrected chi connectivity index (χ1v) is 14.8. The number of cyclic esters (lactones) is 1. The molecule has 0 spiro atoms. The summed E-state index contributed by atoms with van der Waals surface area (Å²) in [5, 5.41) is 0. The summed E-state index contributed by atoms with van der Waals surface area (Å²) >= 11 is 0. The molecule has 2 aromatic heterocycles. The van der Waals surface area contributed by atoms with Gasteiger partial charge in [0.2, 0.25) is 5.69 Å². The Hall–Kier alpha value is -3.30. The zero-order valence-electron chi connectivity index (χ0n) is 24.7. The van der Waals surface area contributed by atoms with E-state index in [0.717, 1.165) is 43.1 Å². The van der Waals surface area contributed by atoms with E-state index in [0.29, 0.717) is 25.0 Å². The van der Waals surface area contributed by atoms with Crippen LogP contribution in [0.25, 0.3) is 11.3 Å². The maximum atomic E-state index is 16.2. The van der Waals surface area contributed by atoms with E-state index in [2.05, 4.69) is 6.92 Å². The first-order valence-electron chi connectivity index (χ1n) is 14.8. The Labute approximate surface area is 242 Å². The summed E-state index contributed by atoms with van der Waals surface area (Å²) in [5.74, 6) is -3.91. The number of hydrogen-bond donors (Lipinski definition) is 0. The number of benzene rings is 1. The van der Waals surface area contributed by atoms with Crippen LogP contribution >= 0.6 is 0 Å². The number of unbranched alkanes of at least 4 members (excludes halogenated alkanes) is 3. The lowest BCUT2D eigenvalue weighted by atomic mass is 9.67. The third-order valence-corrected chi connectivity index (χ3v) is 9.45. The molecule has 1 aromatic carbocycles. The van der Waals surface area contributed by atoms with Crippen molar-refractivity contribution in [1.82, 2.24) is 4.57 Å². The Kier molecular flexibility index (Phi) is 7.96. The highest BCUT2D eigenvalue weighted by molar-refractivity contribution is 5.88. The number of imidazole rings is 1. The summed E-state index contributed by atoms with van der Waals surface area (Å²) in [6, 6.07) is 4.52. The van der Waals surface area contributed by atoms with Gasteiger partial charge in [-0.2, -0.15) is 17.7 Å². The molecule has 10 heteroatoms. The summed E-state index contributed by atoms with van der Waals surface area (Å²) in [6.45, 7) is 8.06. The zero-order valence-corrected chi connectivity index (χ0v) is 24.7. The Morgan fingerprint density at radius 3 is 2.45 bits per heavy atom. The molecule has 2 atom stereocenters. The molecule has 5 nitrogen and oxygen atoms in total. The van der Waals surface area contributed by atoms with Crippen LogP contribution in [0.2, 0.25) is 0 Å². The third-order valence-electron chi connectivity index (χ3n) is 9.45. The Balaban J connectivity index is 1.76. The van der Waals surface area contributed by atoms with Crippen LogP contribution in [0.4, 0.5) is 22.0 Å². The fourth-order valence-electron chi connectivity index (χ4n) is 7.15. The van der Waals surface area contributed by atoms with Crippen molar-refractivity contribution in [3.05, 3.63) is 70.4 Å². The monoisotopic (exact) mass is 591 g/mol. The predicted molar refractivity (Wildman–Crippen MR) is 146 cm³/mol. The lowest BCUT2D eigenvalue weighted by Gasteiger charge is -2.43. The number of aromatic nitrogens is 3. The minimum Gasteiger partial charge on any atom is -0.451 e. The van der Waals surface area contributed by atoms with Crippen LogP contribution in [0.5, 0.6) is 0 Å². The van der Waals surface area contributed by atoms with Gasteiger partial charge in [-0.05, 0) is 30.0 Å². The van der Waals surface area contributed by atoms with E-state index in [9.17, 15) is 18.0 Å². The third kappa shape index (κ3) is 4.71. The average molecular weight is 592 g/mol. The lowest BCUT2D eigenvalue weighted by molar-refractivity contribution is -0.764. The van der Waals surface area contributed by atoms with Crippen LogP contribution in [0.1, 0.15) is 98.2 Å². The molecule has 0 N–H and O–H groups in total. The number of carbonyl (C=O) groups excluding carboxylic acids is 1. The molecule has 5 rings (SSSR count). The average Bonchev–Trinajstić information content (AvgIpc) is 3.22. The van der Waals surface area contributed by atoms with Gasteiger partial charge in [-0.25, -0.2) is 22.7 Å². The standard InChI is InChI=1S/C32H38F5N3O2/c1-6-9-10-11-12-20-13-14-40-23(15-20)26-21(16-22(33)28(29(26)34)32(35,36)37)27(31(40,7-2)8-3)25-18-39-19(4)38(5)17-24(39)30(41)42-25/h13-17,25,27H,6-12,18H2,1-5H3/q+2. The normalized spacial score (nSPS) is 19.2. The quantitative estimate of drug-likeness (QED) is 0.124. The highest BCUT2D eigenvalue weighted by atomic mass is 19.4. The number of nitrogens with zero attached hydrogens (tertiary/aromatic N) is 3. The molecule has 2 aliphatic heterocycles. The SMILES string of the molecule is CCCCCCc1cc[n+]2c(c1)-c1c(cc(F)c(C(F)(F)F)c1F)C(C1Cn3c(c[n+](C)c3C)C(=O)O1)C2(CC)CC. The van der Waals surface area contributed by atoms with Crippen LogP contribution in [0.15, 0.2) is 30.6 Å². The van der Waals surface area contributed by atoms with Gasteiger partial charge in [0.1, 0.15) is 24.1 Å². The van der Waals surface area contributed by atoms with Crippen molar-refractivity contribution in [3.63, 3.8) is 0 Å². The fraction of sp³-hybridized carbons (Fsp3) is 0.531. The van der Waals surface area contributed by atoms with Crippen molar-refractivity contribution in [2.24, 2.45) is 7.05 Å². The largest absolute Gasteiger partial charge is 0.451 e. The van der Waals surface area contributed by atoms with E-state index in [1.54, 1.807) is 23.9 Å². The van der Waals surface area contributed by atoms with Crippen molar-refractivity contribution in [1.29, 1.82) is 0 Å². The van der Waals surface area contributed by atoms with Gasteiger partial charge in [0.05, 0.1) is 18.5 Å². The molecule has 3 aromatic rings. The van der Waals surface area contributed by atoms with Crippen molar-refractivity contribution in [3.8, 4) is 11.3 Å². The van der Waals surface area contributed by atoms with Gasteiger partial charge in [0.25, 0.3) is 11.5 Å². The van der Waals surface area contributed by atoms with Gasteiger partial charge in [0, 0.05) is 31.9 Å². The van der Waals surface area contributed by atoms with Gasteiger partial charge < -0.3 is 4.74 Å². The Morgan fingerprint density at radius 2 is 1.81 bits per heavy atom. The molecule has 0 saturated heterocycles. The first-order chi connectivity index (χ1) is 19.9. The number of fused-ring (bicyclic) bond motifs is 4. The van der Waals surface area contributed by atoms with E-state index < -0.39 is 46.9 Å². The van der Waals surface area contributed by atoms with E-state index in [-0.39, 0.29) is 23.4 Å². The van der Waals surface area contributed by atoms with Crippen LogP contribution in [-0.4, -0.2) is 16.6 Å². The van der Waals surface area contributed by atoms with Crippen molar-refractivity contribution >= 4 is 5.97 Å². The van der Waals surface area contributed by atoms with Crippen molar-refractivity contribution < 1.29 is 40.6 Å². The molecule has 4 heterocycles. The number of carbonyl (C=O) groups is 1. The van der Waals surface area contributed by atoms with Gasteiger partial charge >= 0.3 is 12.1 Å². The molecule has 42 heavy (non-hydrogen) atoms. The number of aryl methyl sites for hydroxylation is 2. The number of alkyl halides is 3. The second-order valence-electron chi connectivity index (χ2n) is 11.6. The molecule has 0 bridgehead atoms. The van der Waals surface area contributed by atoms with Crippen LogP contribution in [-0.2, 0) is 36.5 Å². The van der Waals surface area contributed by atoms with Gasteiger partial charge in [-0.1, -0.05) is 40.0 Å². The minimum absolute atomic E-state index is 0.0975. The van der Waals surface area contributed by atoms with E-state index in [1.165, 1.54) is 0 Å². The summed E-state index contributed by atoms with van der Waals surface area (Å²) in [4.78, 5) is 13.2. The number of rotatable bonds is 8. The van der Waals surface area contributed by atoms with Gasteiger partial charge in [0.15, 0.2) is 23.7 Å². The highest BCUT2D eigenvalue weighted by Crippen LogP contribution is 2.51. The smallest absolute Gasteiger partial charge is 0.422 e. The molecule has 0 saturated carbocycles. The summed E-state index contributed by atoms with van der Waals surface area (Å²) in [7, 11) is 1.80. The molecule has 2 aliphatic rings.